The number of hydrogen-bond donors (Lipinski definition) is 1. The molecule has 1 heterocycles. The number of nitrogens with one attached hydrogen (secondary N) is 1. The number of hydrazone groups is 1. The summed E-state index contributed by atoms with van der Waals surface area (Å²) in [5, 5.41) is 4.55. The standard InChI is InChI=1S/C16H12F3N3S/c17-11-6-4-10(5-7-11)8-20-16-22-21-14(9-23-16)15-12(18)2-1-3-13(15)19/h1-7H,8-9H2,(H,20,22). The smallest absolute Gasteiger partial charge is 0.177 e. The predicted molar refractivity (Wildman–Crippen MR) is 86.0 cm³/mol. The maximum atomic E-state index is 13.7. The Morgan fingerprint density at radius 1 is 1.04 bits per heavy atom. The van der Waals surface area contributed by atoms with Gasteiger partial charge in [-0.3, -0.25) is 10.4 Å². The second-order valence-corrected chi connectivity index (χ2v) is 5.77. The third kappa shape index (κ3) is 3.73. The summed E-state index contributed by atoms with van der Waals surface area (Å²) in [5.41, 5.74) is 3.73. The van der Waals surface area contributed by atoms with Gasteiger partial charge >= 0.3 is 0 Å². The Balaban J connectivity index is 1.70. The number of amidine groups is 1. The molecule has 0 unspecified atom stereocenters. The van der Waals surface area contributed by atoms with E-state index in [2.05, 4.69) is 15.5 Å². The van der Waals surface area contributed by atoms with Crippen LogP contribution in [0.25, 0.3) is 0 Å². The lowest BCUT2D eigenvalue weighted by atomic mass is 10.1. The van der Waals surface area contributed by atoms with Gasteiger partial charge in [-0.25, -0.2) is 13.2 Å². The zero-order valence-electron chi connectivity index (χ0n) is 11.9. The molecule has 3 rings (SSSR count). The van der Waals surface area contributed by atoms with Crippen molar-refractivity contribution in [2.75, 3.05) is 5.75 Å². The zero-order chi connectivity index (χ0) is 16.2. The molecule has 23 heavy (non-hydrogen) atoms. The summed E-state index contributed by atoms with van der Waals surface area (Å²) in [7, 11) is 0. The minimum absolute atomic E-state index is 0.120. The van der Waals surface area contributed by atoms with E-state index in [0.29, 0.717) is 23.2 Å². The Morgan fingerprint density at radius 2 is 1.74 bits per heavy atom. The summed E-state index contributed by atoms with van der Waals surface area (Å²) in [6, 6.07) is 9.75. The Morgan fingerprint density at radius 3 is 2.35 bits per heavy atom. The first-order chi connectivity index (χ1) is 11.1. The van der Waals surface area contributed by atoms with Crippen LogP contribution in [0.15, 0.2) is 52.6 Å². The van der Waals surface area contributed by atoms with E-state index in [4.69, 9.17) is 0 Å². The minimum atomic E-state index is -0.641. The molecule has 0 radical (unpaired) electrons. The van der Waals surface area contributed by atoms with Gasteiger partial charge in [-0.2, -0.15) is 5.10 Å². The van der Waals surface area contributed by atoms with Crippen LogP contribution in [0.1, 0.15) is 11.1 Å². The van der Waals surface area contributed by atoms with Crippen molar-refractivity contribution in [2.24, 2.45) is 10.1 Å². The van der Waals surface area contributed by atoms with Crippen LogP contribution >= 0.6 is 11.8 Å². The quantitative estimate of drug-likeness (QED) is 0.928. The molecule has 2 aromatic carbocycles. The number of hydrogen-bond acceptors (Lipinski definition) is 3. The molecule has 1 aliphatic heterocycles. The first-order valence-electron chi connectivity index (χ1n) is 6.82. The molecule has 0 aromatic heterocycles. The monoisotopic (exact) mass is 335 g/mol. The van der Waals surface area contributed by atoms with E-state index in [1.165, 1.54) is 42.1 Å². The number of nitrogens with zero attached hydrogens (tertiary/aromatic N) is 2. The van der Waals surface area contributed by atoms with Gasteiger partial charge in [0.05, 0.1) is 17.8 Å². The molecular formula is C16H12F3N3S. The van der Waals surface area contributed by atoms with Crippen LogP contribution in [0.3, 0.4) is 0 Å². The van der Waals surface area contributed by atoms with Crippen molar-refractivity contribution < 1.29 is 13.2 Å². The van der Waals surface area contributed by atoms with Gasteiger partial charge in [0.1, 0.15) is 17.5 Å². The highest BCUT2D eigenvalue weighted by Crippen LogP contribution is 2.19. The molecule has 1 aliphatic rings. The summed E-state index contributed by atoms with van der Waals surface area (Å²) in [6.07, 6.45) is 0. The number of aliphatic imine (C=N–C) groups is 1. The molecule has 1 N–H and O–H groups in total. The van der Waals surface area contributed by atoms with E-state index in [9.17, 15) is 13.2 Å². The maximum Gasteiger partial charge on any atom is 0.177 e. The SMILES string of the molecule is Fc1ccc(CN=C2NN=C(c3c(F)cccc3F)CS2)cc1. The van der Waals surface area contributed by atoms with Gasteiger partial charge in [-0.15, -0.1) is 0 Å². The fourth-order valence-electron chi connectivity index (χ4n) is 2.05. The van der Waals surface area contributed by atoms with Gasteiger partial charge in [0, 0.05) is 5.75 Å². The van der Waals surface area contributed by atoms with Crippen LogP contribution in [-0.4, -0.2) is 16.6 Å². The Kier molecular flexibility index (Phi) is 4.66. The maximum absolute atomic E-state index is 13.7. The molecule has 0 amide bonds. The lowest BCUT2D eigenvalue weighted by Gasteiger charge is -2.15. The van der Waals surface area contributed by atoms with Crippen molar-refractivity contribution in [3.8, 4) is 0 Å². The Hall–Kier alpha value is -2.28. The van der Waals surface area contributed by atoms with Crippen LogP contribution < -0.4 is 5.43 Å². The molecule has 2 aromatic rings. The van der Waals surface area contributed by atoms with Gasteiger partial charge in [-0.1, -0.05) is 30.0 Å². The first kappa shape index (κ1) is 15.6. The Labute approximate surface area is 135 Å². The van der Waals surface area contributed by atoms with Gasteiger partial charge in [0.15, 0.2) is 5.17 Å². The number of halogens is 3. The molecule has 3 nitrogen and oxygen atoms in total. The lowest BCUT2D eigenvalue weighted by molar-refractivity contribution is 0.578. The molecule has 0 atom stereocenters. The van der Waals surface area contributed by atoms with E-state index in [-0.39, 0.29) is 11.4 Å². The van der Waals surface area contributed by atoms with Crippen molar-refractivity contribution in [3.63, 3.8) is 0 Å². The second-order valence-electron chi connectivity index (χ2n) is 4.80. The van der Waals surface area contributed by atoms with Crippen molar-refractivity contribution in [2.45, 2.75) is 6.54 Å². The molecular weight excluding hydrogens is 323 g/mol. The largest absolute Gasteiger partial charge is 0.256 e. The van der Waals surface area contributed by atoms with Crippen molar-refractivity contribution in [3.05, 3.63) is 71.0 Å². The van der Waals surface area contributed by atoms with E-state index >= 15 is 0 Å². The summed E-state index contributed by atoms with van der Waals surface area (Å²) in [6.45, 7) is 0.370. The normalized spacial score (nSPS) is 16.1. The first-order valence-corrected chi connectivity index (χ1v) is 7.80. The van der Waals surface area contributed by atoms with Gasteiger partial charge in [0.25, 0.3) is 0 Å². The third-order valence-corrected chi connectivity index (χ3v) is 4.11. The number of rotatable bonds is 3. The average Bonchev–Trinajstić information content (AvgIpc) is 2.55. The highest BCUT2D eigenvalue weighted by atomic mass is 32.2. The van der Waals surface area contributed by atoms with Gasteiger partial charge < -0.3 is 0 Å². The number of benzene rings is 2. The molecule has 0 bridgehead atoms. The molecule has 0 aliphatic carbocycles. The second kappa shape index (κ2) is 6.87. The van der Waals surface area contributed by atoms with Gasteiger partial charge in [-0.05, 0) is 29.8 Å². The number of thioether (sulfide) groups is 1. The molecule has 118 valence electrons. The Bertz CT molecular complexity index is 752. The fourth-order valence-corrected chi connectivity index (χ4v) is 2.80. The summed E-state index contributed by atoms with van der Waals surface area (Å²) < 4.78 is 40.3. The topological polar surface area (TPSA) is 36.8 Å². The highest BCUT2D eigenvalue weighted by molar-refractivity contribution is 8.14. The van der Waals surface area contributed by atoms with Crippen LogP contribution in [0, 0.1) is 17.5 Å². The summed E-state index contributed by atoms with van der Waals surface area (Å²) in [4.78, 5) is 4.31. The third-order valence-electron chi connectivity index (χ3n) is 3.20. The lowest BCUT2D eigenvalue weighted by Crippen LogP contribution is -2.26. The van der Waals surface area contributed by atoms with Crippen LogP contribution in [0.5, 0.6) is 0 Å². The average molecular weight is 335 g/mol. The van der Waals surface area contributed by atoms with E-state index < -0.39 is 11.6 Å². The van der Waals surface area contributed by atoms with E-state index in [1.807, 2.05) is 0 Å². The minimum Gasteiger partial charge on any atom is -0.256 e. The molecule has 0 saturated heterocycles. The van der Waals surface area contributed by atoms with Crippen LogP contribution in [-0.2, 0) is 6.54 Å². The predicted octanol–water partition coefficient (Wildman–Crippen LogP) is 3.70. The molecule has 0 spiro atoms. The van der Waals surface area contributed by atoms with Crippen molar-refractivity contribution in [1.29, 1.82) is 0 Å². The van der Waals surface area contributed by atoms with E-state index in [0.717, 1.165) is 5.56 Å². The van der Waals surface area contributed by atoms with Crippen molar-refractivity contribution >= 4 is 22.6 Å². The van der Waals surface area contributed by atoms with Gasteiger partial charge in [0.2, 0.25) is 0 Å². The zero-order valence-corrected chi connectivity index (χ0v) is 12.7. The summed E-state index contributed by atoms with van der Waals surface area (Å²) >= 11 is 1.31. The highest BCUT2D eigenvalue weighted by Gasteiger charge is 2.19. The molecule has 7 heteroatoms. The van der Waals surface area contributed by atoms with Crippen LogP contribution in [0.2, 0.25) is 0 Å². The molecule has 0 fully saturated rings. The summed E-state index contributed by atoms with van der Waals surface area (Å²) in [5.74, 6) is -1.27. The molecule has 0 saturated carbocycles. The van der Waals surface area contributed by atoms with Crippen LogP contribution in [0.4, 0.5) is 13.2 Å². The fraction of sp³-hybridized carbons (Fsp3) is 0.125. The van der Waals surface area contributed by atoms with Crippen molar-refractivity contribution in [1.82, 2.24) is 5.43 Å². The van der Waals surface area contributed by atoms with E-state index in [1.54, 1.807) is 12.1 Å².